The molecule has 7 heteroatoms. The van der Waals surface area contributed by atoms with Crippen LogP contribution in [0.15, 0.2) is 0 Å². The van der Waals surface area contributed by atoms with E-state index < -0.39 is 14.8 Å². The average molecular weight is 202 g/mol. The Labute approximate surface area is 67.4 Å². The van der Waals surface area contributed by atoms with Gasteiger partial charge in [0.15, 0.2) is 0 Å². The van der Waals surface area contributed by atoms with Crippen molar-refractivity contribution in [1.29, 1.82) is 0 Å². The Morgan fingerprint density at radius 2 is 1.18 bits per heavy atom. The van der Waals surface area contributed by atoms with Crippen LogP contribution in [0.5, 0.6) is 0 Å². The zero-order valence-electron chi connectivity index (χ0n) is 7.27. The minimum Gasteiger partial charge on any atom is -0.321 e. The van der Waals surface area contributed by atoms with Gasteiger partial charge in [-0.1, -0.05) is 0 Å². The first-order valence-corrected chi connectivity index (χ1v) is 7.63. The summed E-state index contributed by atoms with van der Waals surface area (Å²) in [5.74, 6) is 0. The molecule has 0 amide bonds. The molecule has 0 rings (SSSR count). The summed E-state index contributed by atoms with van der Waals surface area (Å²) in [5.41, 5.74) is 9.78. The van der Waals surface area contributed by atoms with Crippen molar-refractivity contribution in [2.45, 2.75) is 0 Å². The highest BCUT2D eigenvalue weighted by Crippen LogP contribution is 2.29. The Morgan fingerprint density at radius 3 is 1.18 bits per heavy atom. The molecule has 5 nitrogen and oxygen atoms in total. The summed E-state index contributed by atoms with van der Waals surface area (Å²) >= 11 is 0. The fraction of sp³-hybridized carbons (Fsp3) is 1.00. The summed E-state index contributed by atoms with van der Waals surface area (Å²) in [5, 5.41) is 0. The summed E-state index contributed by atoms with van der Waals surface area (Å²) in [7, 11) is -3.47. The van der Waals surface area contributed by atoms with E-state index in [0.717, 1.165) is 0 Å². The lowest BCUT2D eigenvalue weighted by Gasteiger charge is -1.97. The zero-order valence-corrected chi connectivity index (χ0v) is 9.06. The van der Waals surface area contributed by atoms with Gasteiger partial charge >= 0.3 is 0 Å². The number of nitrogens with two attached hydrogens (primary N) is 2. The second-order valence-corrected chi connectivity index (χ2v) is 7.58. The van der Waals surface area contributed by atoms with Crippen LogP contribution in [0.2, 0.25) is 0 Å². The Kier molecular flexibility index (Phi) is 6.40. The van der Waals surface area contributed by atoms with Gasteiger partial charge in [0.25, 0.3) is 7.52 Å². The van der Waals surface area contributed by atoms with Gasteiger partial charge in [0.1, 0.15) is 7.29 Å². The van der Waals surface area contributed by atoms with Crippen LogP contribution in [-0.2, 0) is 13.7 Å². The minimum atomic E-state index is -2.65. The summed E-state index contributed by atoms with van der Waals surface area (Å²) < 4.78 is 24.4. The van der Waals surface area contributed by atoms with Crippen molar-refractivity contribution < 1.29 is 13.7 Å². The van der Waals surface area contributed by atoms with Crippen LogP contribution < -0.4 is 11.0 Å². The number of hydrogen-bond donors (Lipinski definition) is 2. The molecule has 0 saturated heterocycles. The van der Waals surface area contributed by atoms with Gasteiger partial charge in [-0.15, -0.1) is 0 Å². The number of rotatable bonds is 1. The second-order valence-electron chi connectivity index (χ2n) is 2.53. The van der Waals surface area contributed by atoms with Gasteiger partial charge < -0.3 is 9.09 Å². The van der Waals surface area contributed by atoms with Gasteiger partial charge in [0.05, 0.1) is 0 Å². The van der Waals surface area contributed by atoms with Crippen LogP contribution in [0.1, 0.15) is 0 Å². The van der Waals surface area contributed by atoms with Crippen molar-refractivity contribution in [3.05, 3.63) is 0 Å². The van der Waals surface area contributed by atoms with E-state index in [9.17, 15) is 9.13 Å². The van der Waals surface area contributed by atoms with E-state index >= 15 is 0 Å². The maximum absolute atomic E-state index is 10.1. The highest BCUT2D eigenvalue weighted by molar-refractivity contribution is 7.59. The molecule has 0 aromatic rings. The van der Waals surface area contributed by atoms with Gasteiger partial charge in [-0.3, -0.25) is 15.6 Å². The van der Waals surface area contributed by atoms with E-state index in [1.807, 2.05) is 0 Å². The first kappa shape index (κ1) is 13.9. The summed E-state index contributed by atoms with van der Waals surface area (Å²) in [6, 6.07) is 0. The molecule has 70 valence electrons. The zero-order chi connectivity index (χ0) is 9.71. The van der Waals surface area contributed by atoms with Crippen molar-refractivity contribution >= 4 is 14.8 Å². The van der Waals surface area contributed by atoms with Crippen molar-refractivity contribution in [1.82, 2.24) is 0 Å². The lowest BCUT2D eigenvalue weighted by molar-refractivity contribution is 0.400. The Hall–Kier alpha value is 0.340. The molecular formula is C4H16N2O3P2. The van der Waals surface area contributed by atoms with Crippen molar-refractivity contribution in [2.75, 3.05) is 27.1 Å². The van der Waals surface area contributed by atoms with E-state index in [0.29, 0.717) is 0 Å². The molecule has 11 heavy (non-hydrogen) atoms. The fourth-order valence-electron chi connectivity index (χ4n) is 0. The van der Waals surface area contributed by atoms with Crippen molar-refractivity contribution in [2.24, 2.45) is 11.0 Å². The molecule has 0 radical (unpaired) electrons. The van der Waals surface area contributed by atoms with E-state index in [2.05, 4.69) is 4.52 Å². The highest BCUT2D eigenvalue weighted by atomic mass is 31.2. The van der Waals surface area contributed by atoms with Gasteiger partial charge in [-0.2, -0.15) is 0 Å². The van der Waals surface area contributed by atoms with Crippen LogP contribution in [-0.4, -0.2) is 27.1 Å². The van der Waals surface area contributed by atoms with Gasteiger partial charge in [0, 0.05) is 27.1 Å². The van der Waals surface area contributed by atoms with Crippen LogP contribution >= 0.6 is 14.8 Å². The standard InChI is InChI=1S/C2H8NO2P.C2H8NOP/c1-5-6(2,3)4;1-5(2,3)4/h1-2H3,(H2,3,4);1-2H3,(H2,3,4). The topological polar surface area (TPSA) is 95.4 Å². The molecule has 0 aromatic heterocycles. The monoisotopic (exact) mass is 202 g/mol. The summed E-state index contributed by atoms with van der Waals surface area (Å²) in [6.07, 6.45) is 0. The van der Waals surface area contributed by atoms with E-state index in [1.54, 1.807) is 0 Å². The van der Waals surface area contributed by atoms with Gasteiger partial charge in [0.2, 0.25) is 0 Å². The third-order valence-electron chi connectivity index (χ3n) is 0.363. The quantitative estimate of drug-likeness (QED) is 0.615. The average Bonchev–Trinajstić information content (AvgIpc) is 1.59. The number of hydrogen-bond acceptors (Lipinski definition) is 3. The highest BCUT2D eigenvalue weighted by Gasteiger charge is 1.99. The van der Waals surface area contributed by atoms with Crippen LogP contribution in [0.25, 0.3) is 0 Å². The Balaban J connectivity index is 0. The van der Waals surface area contributed by atoms with Crippen LogP contribution in [0, 0.1) is 0 Å². The van der Waals surface area contributed by atoms with E-state index in [-0.39, 0.29) is 0 Å². The predicted octanol–water partition coefficient (Wildman–Crippen LogP) is 0.897. The maximum atomic E-state index is 10.1. The molecule has 0 aliphatic heterocycles. The molecule has 4 N–H and O–H groups in total. The molecule has 0 aliphatic carbocycles. The normalized spacial score (nSPS) is 16.2. The molecule has 0 bridgehead atoms. The molecule has 1 unspecified atom stereocenters. The third kappa shape index (κ3) is 64.5. The van der Waals surface area contributed by atoms with E-state index in [4.69, 9.17) is 11.0 Å². The molecule has 0 saturated carbocycles. The molecule has 0 aliphatic rings. The predicted molar refractivity (Wildman–Crippen MR) is 48.4 cm³/mol. The third-order valence-corrected chi connectivity index (χ3v) is 1.09. The molecule has 0 heterocycles. The van der Waals surface area contributed by atoms with Crippen molar-refractivity contribution in [3.8, 4) is 0 Å². The van der Waals surface area contributed by atoms with Crippen LogP contribution in [0.3, 0.4) is 0 Å². The SMILES string of the molecule is COP(C)(N)=O.CP(C)(N)=O. The molecule has 1 atom stereocenters. The van der Waals surface area contributed by atoms with E-state index in [1.165, 1.54) is 27.1 Å². The first-order chi connectivity index (χ1) is 4.56. The fourth-order valence-corrected chi connectivity index (χ4v) is 0. The molecule has 0 aromatic carbocycles. The summed E-state index contributed by atoms with van der Waals surface area (Å²) in [4.78, 5) is 0. The minimum absolute atomic E-state index is 1.32. The molecule has 0 spiro atoms. The smallest absolute Gasteiger partial charge is 0.263 e. The molecular weight excluding hydrogens is 186 g/mol. The lowest BCUT2D eigenvalue weighted by Crippen LogP contribution is -1.91. The van der Waals surface area contributed by atoms with Crippen molar-refractivity contribution in [3.63, 3.8) is 0 Å². The largest absolute Gasteiger partial charge is 0.321 e. The Morgan fingerprint density at radius 1 is 1.09 bits per heavy atom. The van der Waals surface area contributed by atoms with Gasteiger partial charge in [-0.25, -0.2) is 0 Å². The maximum Gasteiger partial charge on any atom is 0.263 e. The molecule has 0 fully saturated rings. The first-order valence-electron chi connectivity index (χ1n) is 2.81. The van der Waals surface area contributed by atoms with Gasteiger partial charge in [-0.05, 0) is 0 Å². The van der Waals surface area contributed by atoms with Crippen LogP contribution in [0.4, 0.5) is 0 Å². The lowest BCUT2D eigenvalue weighted by atomic mass is 11.8. The second kappa shape index (κ2) is 5.07. The summed E-state index contributed by atoms with van der Waals surface area (Å²) in [6.45, 7) is 4.40. The Bertz CT molecular complexity index is 174.